The van der Waals surface area contributed by atoms with E-state index in [4.69, 9.17) is 5.84 Å². The summed E-state index contributed by atoms with van der Waals surface area (Å²) in [6, 6.07) is 7.10. The summed E-state index contributed by atoms with van der Waals surface area (Å²) in [5.74, 6) is 6.68. The largest absolute Gasteiger partial charge is 0.352 e. The van der Waals surface area contributed by atoms with Crippen LogP contribution in [0.2, 0.25) is 0 Å². The van der Waals surface area contributed by atoms with Gasteiger partial charge in [0.1, 0.15) is 0 Å². The van der Waals surface area contributed by atoms with Crippen LogP contribution in [0.15, 0.2) is 24.3 Å². The van der Waals surface area contributed by atoms with Crippen LogP contribution in [-0.4, -0.2) is 12.5 Å². The molecular weight excluding hydrogens is 202 g/mol. The number of hydrogen-bond acceptors (Lipinski definition) is 3. The molecule has 86 valence electrons. The van der Waals surface area contributed by atoms with Crippen molar-refractivity contribution in [2.45, 2.75) is 13.3 Å². The summed E-state index contributed by atoms with van der Waals surface area (Å²) in [6.45, 7) is 3.00. The molecule has 16 heavy (non-hydrogen) atoms. The van der Waals surface area contributed by atoms with Gasteiger partial charge in [0.2, 0.25) is 0 Å². The average molecular weight is 219 g/mol. The number of nitrogens with two attached hydrogens (primary N) is 1. The van der Waals surface area contributed by atoms with Crippen LogP contribution in [0, 0.1) is 11.8 Å². The molecule has 2 unspecified atom stereocenters. The van der Waals surface area contributed by atoms with Gasteiger partial charge in [-0.05, 0) is 42.5 Å². The van der Waals surface area contributed by atoms with E-state index in [-0.39, 0.29) is 5.91 Å². The van der Waals surface area contributed by atoms with E-state index in [1.54, 1.807) is 24.3 Å². The van der Waals surface area contributed by atoms with Crippen molar-refractivity contribution in [2.75, 3.05) is 12.0 Å². The lowest BCUT2D eigenvalue weighted by Gasteiger charge is -2.05. The van der Waals surface area contributed by atoms with Crippen LogP contribution < -0.4 is 16.6 Å². The molecule has 0 saturated heterocycles. The van der Waals surface area contributed by atoms with Crippen LogP contribution in [0.5, 0.6) is 0 Å². The Morgan fingerprint density at radius 1 is 1.44 bits per heavy atom. The van der Waals surface area contributed by atoms with Crippen LogP contribution in [0.3, 0.4) is 0 Å². The summed E-state index contributed by atoms with van der Waals surface area (Å²) in [6.07, 6.45) is 1.23. The van der Waals surface area contributed by atoms with E-state index in [9.17, 15) is 4.79 Å². The lowest BCUT2D eigenvalue weighted by Crippen LogP contribution is -2.25. The van der Waals surface area contributed by atoms with Crippen molar-refractivity contribution in [1.29, 1.82) is 0 Å². The minimum absolute atomic E-state index is 0.0114. The second-order valence-electron chi connectivity index (χ2n) is 4.40. The smallest absolute Gasteiger partial charge is 0.251 e. The third kappa shape index (κ3) is 2.52. The molecule has 4 heteroatoms. The number of nitrogens with one attached hydrogen (secondary N) is 2. The molecule has 1 saturated carbocycles. The summed E-state index contributed by atoms with van der Waals surface area (Å²) in [4.78, 5) is 11.7. The number of carbonyl (C=O) groups excluding carboxylic acids is 1. The fourth-order valence-corrected chi connectivity index (χ4v) is 1.73. The molecular formula is C12H17N3O. The summed E-state index contributed by atoms with van der Waals surface area (Å²) < 4.78 is 0. The van der Waals surface area contributed by atoms with E-state index in [1.165, 1.54) is 6.42 Å². The third-order valence-electron chi connectivity index (χ3n) is 3.11. The fourth-order valence-electron chi connectivity index (χ4n) is 1.73. The molecule has 0 bridgehead atoms. The van der Waals surface area contributed by atoms with Gasteiger partial charge in [-0.1, -0.05) is 6.92 Å². The Labute approximate surface area is 95.2 Å². The summed E-state index contributed by atoms with van der Waals surface area (Å²) in [7, 11) is 0. The Hall–Kier alpha value is -1.55. The highest BCUT2D eigenvalue weighted by Gasteiger charge is 2.32. The van der Waals surface area contributed by atoms with Gasteiger partial charge in [0.25, 0.3) is 5.91 Å². The molecule has 4 N–H and O–H groups in total. The van der Waals surface area contributed by atoms with Crippen LogP contribution in [-0.2, 0) is 0 Å². The molecule has 1 fully saturated rings. The number of nitrogen functional groups attached to an aromatic ring is 1. The van der Waals surface area contributed by atoms with E-state index < -0.39 is 0 Å². The van der Waals surface area contributed by atoms with Gasteiger partial charge < -0.3 is 10.7 Å². The predicted octanol–water partition coefficient (Wildman–Crippen LogP) is 1.36. The molecule has 1 amide bonds. The van der Waals surface area contributed by atoms with Crippen LogP contribution >= 0.6 is 0 Å². The van der Waals surface area contributed by atoms with E-state index in [0.29, 0.717) is 11.5 Å². The molecule has 1 aliphatic carbocycles. The molecule has 2 atom stereocenters. The Kier molecular flexibility index (Phi) is 3.10. The first-order chi connectivity index (χ1) is 7.70. The first kappa shape index (κ1) is 11.0. The first-order valence-corrected chi connectivity index (χ1v) is 5.55. The molecule has 1 aromatic carbocycles. The van der Waals surface area contributed by atoms with E-state index in [0.717, 1.165) is 18.2 Å². The van der Waals surface area contributed by atoms with Crippen molar-refractivity contribution >= 4 is 11.6 Å². The van der Waals surface area contributed by atoms with E-state index >= 15 is 0 Å². The zero-order valence-electron chi connectivity index (χ0n) is 9.36. The molecule has 1 aromatic rings. The van der Waals surface area contributed by atoms with Gasteiger partial charge in [0.05, 0.1) is 0 Å². The number of hydrazine groups is 1. The molecule has 0 spiro atoms. The highest BCUT2D eigenvalue weighted by Crippen LogP contribution is 2.36. The van der Waals surface area contributed by atoms with Crippen molar-refractivity contribution in [1.82, 2.24) is 5.32 Å². The number of rotatable bonds is 4. The predicted molar refractivity (Wildman–Crippen MR) is 63.9 cm³/mol. The Morgan fingerprint density at radius 3 is 2.56 bits per heavy atom. The van der Waals surface area contributed by atoms with Gasteiger partial charge in [-0.15, -0.1) is 0 Å². The van der Waals surface area contributed by atoms with E-state index in [2.05, 4.69) is 17.7 Å². The molecule has 0 aromatic heterocycles. The van der Waals surface area contributed by atoms with Gasteiger partial charge in [-0.25, -0.2) is 0 Å². The summed E-state index contributed by atoms with van der Waals surface area (Å²) in [5.41, 5.74) is 4.00. The minimum Gasteiger partial charge on any atom is -0.352 e. The second-order valence-corrected chi connectivity index (χ2v) is 4.40. The SMILES string of the molecule is CC1CC1CNC(=O)c1ccc(NN)cc1. The lowest BCUT2D eigenvalue weighted by atomic mass is 10.2. The quantitative estimate of drug-likeness (QED) is 0.529. The topological polar surface area (TPSA) is 67.2 Å². The normalized spacial score (nSPS) is 22.6. The number of hydrogen-bond donors (Lipinski definition) is 3. The average Bonchev–Trinajstić information content (AvgIpc) is 3.02. The molecule has 1 aliphatic rings. The van der Waals surface area contributed by atoms with Crippen molar-refractivity contribution < 1.29 is 4.79 Å². The van der Waals surface area contributed by atoms with Gasteiger partial charge in [0, 0.05) is 17.8 Å². The maximum Gasteiger partial charge on any atom is 0.251 e. The Morgan fingerprint density at radius 2 is 2.06 bits per heavy atom. The first-order valence-electron chi connectivity index (χ1n) is 5.55. The van der Waals surface area contributed by atoms with Crippen molar-refractivity contribution in [3.8, 4) is 0 Å². The molecule has 0 heterocycles. The fraction of sp³-hybridized carbons (Fsp3) is 0.417. The number of benzene rings is 1. The second kappa shape index (κ2) is 4.53. The van der Waals surface area contributed by atoms with Gasteiger partial charge in [-0.3, -0.25) is 10.6 Å². The van der Waals surface area contributed by atoms with Gasteiger partial charge >= 0.3 is 0 Å². The van der Waals surface area contributed by atoms with Crippen molar-refractivity contribution in [2.24, 2.45) is 17.7 Å². The van der Waals surface area contributed by atoms with Crippen LogP contribution in [0.25, 0.3) is 0 Å². The Bertz CT molecular complexity index is 374. The van der Waals surface area contributed by atoms with Gasteiger partial charge in [-0.2, -0.15) is 0 Å². The van der Waals surface area contributed by atoms with E-state index in [1.807, 2.05) is 0 Å². The summed E-state index contributed by atoms with van der Waals surface area (Å²) in [5, 5.41) is 2.94. The zero-order valence-corrected chi connectivity index (χ0v) is 9.36. The van der Waals surface area contributed by atoms with Crippen LogP contribution in [0.1, 0.15) is 23.7 Å². The van der Waals surface area contributed by atoms with Crippen molar-refractivity contribution in [3.05, 3.63) is 29.8 Å². The maximum absolute atomic E-state index is 11.7. The monoisotopic (exact) mass is 219 g/mol. The highest BCUT2D eigenvalue weighted by atomic mass is 16.1. The Balaban J connectivity index is 1.87. The maximum atomic E-state index is 11.7. The number of amides is 1. The zero-order chi connectivity index (χ0) is 11.5. The number of anilines is 1. The lowest BCUT2D eigenvalue weighted by molar-refractivity contribution is 0.0951. The molecule has 2 rings (SSSR count). The third-order valence-corrected chi connectivity index (χ3v) is 3.11. The molecule has 0 radical (unpaired) electrons. The number of carbonyl (C=O) groups is 1. The minimum atomic E-state index is -0.0114. The summed E-state index contributed by atoms with van der Waals surface area (Å²) >= 11 is 0. The standard InChI is InChI=1S/C12H17N3O/c1-8-6-10(8)7-14-12(16)9-2-4-11(15-13)5-3-9/h2-5,8,10,15H,6-7,13H2,1H3,(H,14,16). The molecule has 0 aliphatic heterocycles. The van der Waals surface area contributed by atoms with Gasteiger partial charge in [0.15, 0.2) is 0 Å². The highest BCUT2D eigenvalue weighted by molar-refractivity contribution is 5.94. The molecule has 4 nitrogen and oxygen atoms in total. The van der Waals surface area contributed by atoms with Crippen LogP contribution in [0.4, 0.5) is 5.69 Å². The van der Waals surface area contributed by atoms with Crippen molar-refractivity contribution in [3.63, 3.8) is 0 Å².